The number of hydrogen-bond donors (Lipinski definition) is 2. The Kier molecular flexibility index (Phi) is 6.16. The normalized spacial score (nSPS) is 10.8. The molecule has 138 valence electrons. The minimum absolute atomic E-state index is 0.341. The molecule has 0 saturated carbocycles. The average molecular weight is 357 g/mol. The zero-order chi connectivity index (χ0) is 19.2. The lowest BCUT2D eigenvalue weighted by atomic mass is 10.2. The number of carbonyl (C=O) groups is 2. The first-order valence-electron chi connectivity index (χ1n) is 8.27. The predicted octanol–water partition coefficient (Wildman–Crippen LogP) is 4.35. The molecule has 0 aliphatic heterocycles. The van der Waals surface area contributed by atoms with E-state index in [0.29, 0.717) is 18.0 Å². The van der Waals surface area contributed by atoms with Crippen LogP contribution in [0.15, 0.2) is 42.6 Å². The van der Waals surface area contributed by atoms with Crippen molar-refractivity contribution in [2.24, 2.45) is 0 Å². The molecule has 2 aromatic rings. The minimum atomic E-state index is -0.568. The van der Waals surface area contributed by atoms with E-state index < -0.39 is 11.7 Å². The number of esters is 1. The monoisotopic (exact) mass is 357 g/mol. The fraction of sp³-hybridized carbons (Fsp3) is 0.316. The average Bonchev–Trinajstić information content (AvgIpc) is 2.56. The van der Waals surface area contributed by atoms with E-state index in [2.05, 4.69) is 15.6 Å². The van der Waals surface area contributed by atoms with Crippen LogP contribution in [0.5, 0.6) is 0 Å². The number of rotatable bonds is 5. The number of pyridine rings is 1. The number of anilines is 3. The van der Waals surface area contributed by atoms with Gasteiger partial charge in [-0.2, -0.15) is 0 Å². The van der Waals surface area contributed by atoms with E-state index in [1.165, 1.54) is 0 Å². The molecule has 0 radical (unpaired) electrons. The standard InChI is InChI=1S/C19H23N3O4/c1-5-25-17(23)13-6-8-14(9-7-13)21-15-10-11-16(20-12-15)22-18(24)26-19(2,3)4/h6-12,21H,5H2,1-4H3,(H,20,22,24). The van der Waals surface area contributed by atoms with Crippen LogP contribution in [0.2, 0.25) is 0 Å². The maximum atomic E-state index is 11.7. The third-order valence-corrected chi connectivity index (χ3v) is 3.08. The van der Waals surface area contributed by atoms with Gasteiger partial charge in [-0.25, -0.2) is 14.6 Å². The van der Waals surface area contributed by atoms with Gasteiger partial charge in [0.2, 0.25) is 0 Å². The van der Waals surface area contributed by atoms with Gasteiger partial charge in [0.25, 0.3) is 0 Å². The highest BCUT2D eigenvalue weighted by Gasteiger charge is 2.16. The van der Waals surface area contributed by atoms with Gasteiger partial charge < -0.3 is 14.8 Å². The minimum Gasteiger partial charge on any atom is -0.462 e. The molecule has 7 nitrogen and oxygen atoms in total. The summed E-state index contributed by atoms with van der Waals surface area (Å²) < 4.78 is 10.1. The molecule has 0 fully saturated rings. The summed E-state index contributed by atoms with van der Waals surface area (Å²) in [6.45, 7) is 7.48. The molecular formula is C19H23N3O4. The lowest BCUT2D eigenvalue weighted by Crippen LogP contribution is -2.27. The van der Waals surface area contributed by atoms with Crippen molar-refractivity contribution in [2.45, 2.75) is 33.3 Å². The van der Waals surface area contributed by atoms with Gasteiger partial charge in [-0.3, -0.25) is 5.32 Å². The second-order valence-electron chi connectivity index (χ2n) is 6.48. The highest BCUT2D eigenvalue weighted by molar-refractivity contribution is 5.90. The fourth-order valence-electron chi connectivity index (χ4n) is 2.02. The number of carbonyl (C=O) groups excluding carboxylic acids is 2. The molecule has 1 amide bonds. The summed E-state index contributed by atoms with van der Waals surface area (Å²) in [5.74, 6) is 0.0424. The topological polar surface area (TPSA) is 89.6 Å². The van der Waals surface area contributed by atoms with Crippen LogP contribution < -0.4 is 10.6 Å². The number of nitrogens with one attached hydrogen (secondary N) is 2. The quantitative estimate of drug-likeness (QED) is 0.773. The first kappa shape index (κ1) is 19.2. The molecule has 1 heterocycles. The van der Waals surface area contributed by atoms with Crippen LogP contribution in [0, 0.1) is 0 Å². The van der Waals surface area contributed by atoms with Gasteiger partial charge in [-0.1, -0.05) is 0 Å². The number of amides is 1. The molecule has 0 aliphatic carbocycles. The Hall–Kier alpha value is -3.09. The Labute approximate surface area is 152 Å². The van der Waals surface area contributed by atoms with Crippen LogP contribution in [0.25, 0.3) is 0 Å². The molecule has 1 aromatic heterocycles. The second kappa shape index (κ2) is 8.33. The maximum absolute atomic E-state index is 11.7. The smallest absolute Gasteiger partial charge is 0.413 e. The molecule has 26 heavy (non-hydrogen) atoms. The largest absolute Gasteiger partial charge is 0.462 e. The lowest BCUT2D eigenvalue weighted by Gasteiger charge is -2.19. The van der Waals surface area contributed by atoms with E-state index in [4.69, 9.17) is 9.47 Å². The third-order valence-electron chi connectivity index (χ3n) is 3.08. The van der Waals surface area contributed by atoms with Gasteiger partial charge >= 0.3 is 12.1 Å². The zero-order valence-electron chi connectivity index (χ0n) is 15.3. The summed E-state index contributed by atoms with van der Waals surface area (Å²) >= 11 is 0. The first-order chi connectivity index (χ1) is 12.3. The van der Waals surface area contributed by atoms with Crippen molar-refractivity contribution in [1.29, 1.82) is 0 Å². The number of aromatic nitrogens is 1. The van der Waals surface area contributed by atoms with Gasteiger partial charge in [0.15, 0.2) is 0 Å². The van der Waals surface area contributed by atoms with Crippen LogP contribution in [0.4, 0.5) is 22.0 Å². The summed E-state index contributed by atoms with van der Waals surface area (Å²) in [5, 5.41) is 5.73. The predicted molar refractivity (Wildman–Crippen MR) is 99.8 cm³/mol. The highest BCUT2D eigenvalue weighted by Crippen LogP contribution is 2.18. The summed E-state index contributed by atoms with van der Waals surface area (Å²) in [6, 6.07) is 10.4. The number of hydrogen-bond acceptors (Lipinski definition) is 6. The third kappa shape index (κ3) is 6.08. The van der Waals surface area contributed by atoms with Crippen molar-refractivity contribution >= 4 is 29.3 Å². The van der Waals surface area contributed by atoms with Crippen molar-refractivity contribution in [3.8, 4) is 0 Å². The Morgan fingerprint density at radius 3 is 2.23 bits per heavy atom. The summed E-state index contributed by atoms with van der Waals surface area (Å²) in [5.41, 5.74) is 1.46. The van der Waals surface area contributed by atoms with Crippen molar-refractivity contribution in [3.63, 3.8) is 0 Å². The van der Waals surface area contributed by atoms with Crippen molar-refractivity contribution in [1.82, 2.24) is 4.98 Å². The number of benzene rings is 1. The van der Waals surface area contributed by atoms with Crippen molar-refractivity contribution < 1.29 is 19.1 Å². The van der Waals surface area contributed by atoms with Crippen LogP contribution in [-0.4, -0.2) is 29.3 Å². The summed E-state index contributed by atoms with van der Waals surface area (Å²) in [6.07, 6.45) is 1.03. The molecule has 0 spiro atoms. The lowest BCUT2D eigenvalue weighted by molar-refractivity contribution is 0.0525. The van der Waals surface area contributed by atoms with Crippen LogP contribution in [0.3, 0.4) is 0 Å². The van der Waals surface area contributed by atoms with Gasteiger partial charge in [0.1, 0.15) is 11.4 Å². The van der Waals surface area contributed by atoms with E-state index >= 15 is 0 Å². The molecule has 0 unspecified atom stereocenters. The maximum Gasteiger partial charge on any atom is 0.413 e. The number of nitrogens with zero attached hydrogens (tertiary/aromatic N) is 1. The molecular weight excluding hydrogens is 334 g/mol. The van der Waals surface area contributed by atoms with E-state index in [-0.39, 0.29) is 5.97 Å². The molecule has 0 aliphatic rings. The summed E-state index contributed by atoms with van der Waals surface area (Å²) in [7, 11) is 0. The van der Waals surface area contributed by atoms with Gasteiger partial charge in [-0.15, -0.1) is 0 Å². The van der Waals surface area contributed by atoms with E-state index in [1.807, 2.05) is 0 Å². The second-order valence-corrected chi connectivity index (χ2v) is 6.48. The Morgan fingerprint density at radius 2 is 1.69 bits per heavy atom. The Bertz CT molecular complexity index is 750. The molecule has 2 rings (SSSR count). The van der Waals surface area contributed by atoms with Crippen LogP contribution in [0.1, 0.15) is 38.1 Å². The molecule has 7 heteroatoms. The molecule has 2 N–H and O–H groups in total. The Morgan fingerprint density at radius 1 is 1.04 bits per heavy atom. The molecule has 0 atom stereocenters. The molecule has 0 bridgehead atoms. The van der Waals surface area contributed by atoms with Gasteiger partial charge in [0.05, 0.1) is 24.1 Å². The Balaban J connectivity index is 1.94. The van der Waals surface area contributed by atoms with Crippen molar-refractivity contribution in [2.75, 3.05) is 17.2 Å². The molecule has 1 aromatic carbocycles. The zero-order valence-corrected chi connectivity index (χ0v) is 15.3. The van der Waals surface area contributed by atoms with Gasteiger partial charge in [0, 0.05) is 5.69 Å². The number of ether oxygens (including phenoxy) is 2. The SMILES string of the molecule is CCOC(=O)c1ccc(Nc2ccc(NC(=O)OC(C)(C)C)nc2)cc1. The van der Waals surface area contributed by atoms with E-state index in [1.54, 1.807) is 70.3 Å². The van der Waals surface area contributed by atoms with Gasteiger partial charge in [-0.05, 0) is 64.1 Å². The van der Waals surface area contributed by atoms with Crippen LogP contribution in [-0.2, 0) is 9.47 Å². The molecule has 0 saturated heterocycles. The highest BCUT2D eigenvalue weighted by atomic mass is 16.6. The first-order valence-corrected chi connectivity index (χ1v) is 8.27. The van der Waals surface area contributed by atoms with E-state index in [9.17, 15) is 9.59 Å². The summed E-state index contributed by atoms with van der Waals surface area (Å²) in [4.78, 5) is 27.5. The fourth-order valence-corrected chi connectivity index (χ4v) is 2.02. The van der Waals surface area contributed by atoms with E-state index in [0.717, 1.165) is 11.4 Å². The van der Waals surface area contributed by atoms with Crippen molar-refractivity contribution in [3.05, 3.63) is 48.2 Å². The van der Waals surface area contributed by atoms with Crippen LogP contribution >= 0.6 is 0 Å².